The molecule has 2 N–H and O–H groups in total. The molecule has 136 valence electrons. The topological polar surface area (TPSA) is 61.4 Å². The number of carbonyl (C=O) groups is 2. The lowest BCUT2D eigenvalue weighted by Gasteiger charge is -2.31. The van der Waals surface area contributed by atoms with Crippen molar-refractivity contribution in [2.45, 2.75) is 26.2 Å². The number of nitrogens with one attached hydrogen (secondary N) is 2. The van der Waals surface area contributed by atoms with E-state index in [1.165, 1.54) is 5.56 Å². The zero-order chi connectivity index (χ0) is 18.4. The molecule has 2 aromatic carbocycles. The quantitative estimate of drug-likeness (QED) is 0.870. The SMILES string of the molecule is CCc1cccc(NC(=O)C2CCN(C(=O)Nc3ccccc3)CC2)c1. The van der Waals surface area contributed by atoms with Crippen molar-refractivity contribution in [3.05, 3.63) is 60.2 Å². The van der Waals surface area contributed by atoms with Crippen LogP contribution in [0.3, 0.4) is 0 Å². The van der Waals surface area contributed by atoms with Crippen LogP contribution in [0, 0.1) is 5.92 Å². The molecule has 1 heterocycles. The van der Waals surface area contributed by atoms with E-state index in [4.69, 9.17) is 0 Å². The van der Waals surface area contributed by atoms with Gasteiger partial charge in [0.15, 0.2) is 0 Å². The Morgan fingerprint density at radius 2 is 1.65 bits per heavy atom. The predicted molar refractivity (Wildman–Crippen MR) is 104 cm³/mol. The number of urea groups is 1. The highest BCUT2D eigenvalue weighted by Crippen LogP contribution is 2.21. The number of para-hydroxylation sites is 1. The maximum absolute atomic E-state index is 12.5. The van der Waals surface area contributed by atoms with Crippen LogP contribution < -0.4 is 10.6 Å². The van der Waals surface area contributed by atoms with E-state index < -0.39 is 0 Å². The van der Waals surface area contributed by atoms with Gasteiger partial charge in [-0.15, -0.1) is 0 Å². The van der Waals surface area contributed by atoms with Crippen molar-refractivity contribution in [3.63, 3.8) is 0 Å². The number of carbonyl (C=O) groups excluding carboxylic acids is 2. The molecule has 0 atom stereocenters. The van der Waals surface area contributed by atoms with Crippen molar-refractivity contribution in [2.75, 3.05) is 23.7 Å². The third-order valence-corrected chi connectivity index (χ3v) is 4.78. The number of nitrogens with zero attached hydrogens (tertiary/aromatic N) is 1. The molecular weight excluding hydrogens is 326 g/mol. The molecule has 3 rings (SSSR count). The maximum Gasteiger partial charge on any atom is 0.321 e. The third kappa shape index (κ3) is 4.63. The van der Waals surface area contributed by atoms with Crippen LogP contribution in [0.4, 0.5) is 16.2 Å². The molecule has 26 heavy (non-hydrogen) atoms. The zero-order valence-electron chi connectivity index (χ0n) is 15.1. The van der Waals surface area contributed by atoms with Crippen LogP contribution in [0.1, 0.15) is 25.3 Å². The Hall–Kier alpha value is -2.82. The number of anilines is 2. The van der Waals surface area contributed by atoms with E-state index in [0.29, 0.717) is 25.9 Å². The molecule has 0 radical (unpaired) electrons. The first-order chi connectivity index (χ1) is 12.7. The van der Waals surface area contributed by atoms with E-state index in [0.717, 1.165) is 17.8 Å². The summed E-state index contributed by atoms with van der Waals surface area (Å²) in [6.45, 7) is 3.27. The summed E-state index contributed by atoms with van der Waals surface area (Å²) >= 11 is 0. The summed E-state index contributed by atoms with van der Waals surface area (Å²) in [5.41, 5.74) is 2.84. The second-order valence-electron chi connectivity index (χ2n) is 6.60. The molecule has 0 bridgehead atoms. The molecule has 0 spiro atoms. The molecule has 0 saturated carbocycles. The van der Waals surface area contributed by atoms with Crippen LogP contribution in [0.15, 0.2) is 54.6 Å². The number of hydrogen-bond acceptors (Lipinski definition) is 2. The summed E-state index contributed by atoms with van der Waals surface area (Å²) in [5.74, 6) is -0.0116. The molecule has 5 nitrogen and oxygen atoms in total. The van der Waals surface area contributed by atoms with Crippen molar-refractivity contribution in [1.29, 1.82) is 0 Å². The van der Waals surface area contributed by atoms with E-state index >= 15 is 0 Å². The van der Waals surface area contributed by atoms with E-state index in [2.05, 4.69) is 23.6 Å². The highest BCUT2D eigenvalue weighted by molar-refractivity contribution is 5.93. The minimum atomic E-state index is -0.106. The van der Waals surface area contributed by atoms with Crippen molar-refractivity contribution >= 4 is 23.3 Å². The molecule has 3 amide bonds. The van der Waals surface area contributed by atoms with Crippen LogP contribution in [0.2, 0.25) is 0 Å². The maximum atomic E-state index is 12.5. The van der Waals surface area contributed by atoms with Gasteiger partial charge in [0, 0.05) is 30.4 Å². The van der Waals surface area contributed by atoms with Gasteiger partial charge >= 0.3 is 6.03 Å². The molecule has 1 fully saturated rings. The van der Waals surface area contributed by atoms with Gasteiger partial charge in [0.25, 0.3) is 0 Å². The number of amides is 3. The summed E-state index contributed by atoms with van der Waals surface area (Å²) in [7, 11) is 0. The van der Waals surface area contributed by atoms with Crippen LogP contribution in [-0.2, 0) is 11.2 Å². The number of piperidine rings is 1. The van der Waals surface area contributed by atoms with E-state index in [1.807, 2.05) is 48.5 Å². The minimum Gasteiger partial charge on any atom is -0.326 e. The second kappa shape index (κ2) is 8.52. The molecule has 0 aromatic heterocycles. The lowest BCUT2D eigenvalue weighted by atomic mass is 9.96. The third-order valence-electron chi connectivity index (χ3n) is 4.78. The van der Waals surface area contributed by atoms with E-state index in [9.17, 15) is 9.59 Å². The summed E-state index contributed by atoms with van der Waals surface area (Å²) in [6, 6.07) is 17.3. The highest BCUT2D eigenvalue weighted by Gasteiger charge is 2.27. The normalized spacial score (nSPS) is 14.7. The van der Waals surface area contributed by atoms with Gasteiger partial charge in [-0.1, -0.05) is 37.3 Å². The largest absolute Gasteiger partial charge is 0.326 e. The number of likely N-dealkylation sites (tertiary alicyclic amines) is 1. The van der Waals surface area contributed by atoms with E-state index in [1.54, 1.807) is 4.90 Å². The fraction of sp³-hybridized carbons (Fsp3) is 0.333. The number of benzene rings is 2. The summed E-state index contributed by atoms with van der Waals surface area (Å²) in [6.07, 6.45) is 2.31. The highest BCUT2D eigenvalue weighted by atomic mass is 16.2. The molecule has 2 aromatic rings. The van der Waals surface area contributed by atoms with Crippen LogP contribution in [-0.4, -0.2) is 29.9 Å². The van der Waals surface area contributed by atoms with Crippen molar-refractivity contribution in [3.8, 4) is 0 Å². The van der Waals surface area contributed by atoms with Gasteiger partial charge in [-0.25, -0.2) is 4.79 Å². The average Bonchev–Trinajstić information content (AvgIpc) is 2.69. The molecule has 1 aliphatic heterocycles. The van der Waals surface area contributed by atoms with Crippen molar-refractivity contribution in [2.24, 2.45) is 5.92 Å². The van der Waals surface area contributed by atoms with Crippen LogP contribution in [0.5, 0.6) is 0 Å². The van der Waals surface area contributed by atoms with Gasteiger partial charge in [0.1, 0.15) is 0 Å². The number of rotatable bonds is 4. The van der Waals surface area contributed by atoms with Gasteiger partial charge in [-0.2, -0.15) is 0 Å². The fourth-order valence-corrected chi connectivity index (χ4v) is 3.18. The predicted octanol–water partition coefficient (Wildman–Crippen LogP) is 4.13. The second-order valence-corrected chi connectivity index (χ2v) is 6.60. The smallest absolute Gasteiger partial charge is 0.321 e. The van der Waals surface area contributed by atoms with Crippen LogP contribution >= 0.6 is 0 Å². The molecule has 1 saturated heterocycles. The van der Waals surface area contributed by atoms with Gasteiger partial charge < -0.3 is 15.5 Å². The lowest BCUT2D eigenvalue weighted by Crippen LogP contribution is -2.43. The lowest BCUT2D eigenvalue weighted by molar-refractivity contribution is -0.121. The first kappa shape index (κ1) is 18.0. The zero-order valence-corrected chi connectivity index (χ0v) is 15.1. The number of aryl methyl sites for hydroxylation is 1. The Balaban J connectivity index is 1.49. The Bertz CT molecular complexity index is 753. The Kier molecular flexibility index (Phi) is 5.89. The summed E-state index contributed by atoms with van der Waals surface area (Å²) in [5, 5.41) is 5.91. The Morgan fingerprint density at radius 3 is 2.35 bits per heavy atom. The van der Waals surface area contributed by atoms with E-state index in [-0.39, 0.29) is 17.9 Å². The summed E-state index contributed by atoms with van der Waals surface area (Å²) < 4.78 is 0. The van der Waals surface area contributed by atoms with Gasteiger partial charge in [0.05, 0.1) is 0 Å². The molecule has 0 aliphatic carbocycles. The molecule has 5 heteroatoms. The van der Waals surface area contributed by atoms with Gasteiger partial charge in [0.2, 0.25) is 5.91 Å². The fourth-order valence-electron chi connectivity index (χ4n) is 3.18. The number of hydrogen-bond donors (Lipinski definition) is 2. The minimum absolute atomic E-state index is 0.0429. The van der Waals surface area contributed by atoms with Gasteiger partial charge in [-0.3, -0.25) is 4.79 Å². The Morgan fingerprint density at radius 1 is 0.962 bits per heavy atom. The molecule has 0 unspecified atom stereocenters. The van der Waals surface area contributed by atoms with Crippen molar-refractivity contribution in [1.82, 2.24) is 4.90 Å². The van der Waals surface area contributed by atoms with Crippen molar-refractivity contribution < 1.29 is 9.59 Å². The summed E-state index contributed by atoms with van der Waals surface area (Å²) in [4.78, 5) is 26.6. The average molecular weight is 351 g/mol. The first-order valence-corrected chi connectivity index (χ1v) is 9.16. The standard InChI is InChI=1S/C21H25N3O2/c1-2-16-7-6-10-19(15-16)22-20(25)17-11-13-24(14-12-17)21(26)23-18-8-4-3-5-9-18/h3-10,15,17H,2,11-14H2,1H3,(H,22,25)(H,23,26). The van der Waals surface area contributed by atoms with Crippen LogP contribution in [0.25, 0.3) is 0 Å². The molecule has 1 aliphatic rings. The first-order valence-electron chi connectivity index (χ1n) is 9.16. The molecular formula is C21H25N3O2. The Labute approximate surface area is 154 Å². The monoisotopic (exact) mass is 351 g/mol. The van der Waals surface area contributed by atoms with Gasteiger partial charge in [-0.05, 0) is 49.1 Å².